The lowest BCUT2D eigenvalue weighted by atomic mass is 10.1. The normalized spacial score (nSPS) is 13.3. The molecule has 1 aromatic rings. The fraction of sp³-hybridized carbons (Fsp3) is 0.455. The third-order valence-corrected chi connectivity index (χ3v) is 2.20. The van der Waals surface area contributed by atoms with Crippen molar-refractivity contribution in [2.45, 2.75) is 32.4 Å². The summed E-state index contributed by atoms with van der Waals surface area (Å²) in [5.74, 6) is -0.470. The van der Waals surface area contributed by atoms with Crippen LogP contribution in [0.4, 0.5) is 0 Å². The minimum atomic E-state index is -0.840. The summed E-state index contributed by atoms with van der Waals surface area (Å²) in [6.07, 6.45) is 1.60. The predicted molar refractivity (Wildman–Crippen MR) is 64.7 cm³/mol. The molecule has 1 heterocycles. The lowest BCUT2D eigenvalue weighted by Gasteiger charge is -2.21. The first-order valence-corrected chi connectivity index (χ1v) is 5.69. The lowest BCUT2D eigenvalue weighted by molar-refractivity contribution is -0.156. The Morgan fingerprint density at radius 3 is 2.56 bits per heavy atom. The van der Waals surface area contributed by atoms with Crippen LogP contribution < -0.4 is 5.73 Å². The molecule has 0 bridgehead atoms. The Morgan fingerprint density at radius 1 is 1.50 bits per heavy atom. The Morgan fingerprint density at radius 2 is 2.12 bits per heavy atom. The molecule has 16 heavy (non-hydrogen) atoms. The number of carbonyl (C=O) groups is 1. The molecule has 5 heteroatoms. The van der Waals surface area contributed by atoms with E-state index in [0.29, 0.717) is 5.69 Å². The third kappa shape index (κ3) is 3.90. The van der Waals surface area contributed by atoms with E-state index in [0.717, 1.165) is 4.47 Å². The van der Waals surface area contributed by atoms with E-state index in [4.69, 9.17) is 10.5 Å². The number of nitrogens with zero attached hydrogens (tertiary/aromatic N) is 1. The van der Waals surface area contributed by atoms with Gasteiger partial charge in [-0.25, -0.2) is 4.79 Å². The number of pyridine rings is 1. The molecule has 0 spiro atoms. The highest BCUT2D eigenvalue weighted by molar-refractivity contribution is 9.10. The quantitative estimate of drug-likeness (QED) is 0.847. The van der Waals surface area contributed by atoms with E-state index in [2.05, 4.69) is 20.9 Å². The topological polar surface area (TPSA) is 65.2 Å². The van der Waals surface area contributed by atoms with E-state index >= 15 is 0 Å². The molecule has 0 aromatic carbocycles. The third-order valence-electron chi connectivity index (χ3n) is 1.73. The summed E-state index contributed by atoms with van der Waals surface area (Å²) in [4.78, 5) is 15.7. The van der Waals surface area contributed by atoms with Crippen LogP contribution in [0.25, 0.3) is 0 Å². The maximum atomic E-state index is 11.6. The number of rotatable bonds is 2. The Balaban J connectivity index is 2.74. The van der Waals surface area contributed by atoms with Gasteiger partial charge in [0.25, 0.3) is 0 Å². The summed E-state index contributed by atoms with van der Waals surface area (Å²) in [7, 11) is 0. The van der Waals surface area contributed by atoms with Crippen LogP contribution in [0, 0.1) is 0 Å². The number of hydrogen-bond acceptors (Lipinski definition) is 4. The Hall–Kier alpha value is -0.940. The van der Waals surface area contributed by atoms with Gasteiger partial charge in [-0.1, -0.05) is 0 Å². The van der Waals surface area contributed by atoms with E-state index < -0.39 is 17.6 Å². The summed E-state index contributed by atoms with van der Waals surface area (Å²) < 4.78 is 6.01. The molecule has 0 saturated heterocycles. The number of aromatic nitrogens is 1. The monoisotopic (exact) mass is 286 g/mol. The molecular formula is C11H15BrN2O2. The zero-order chi connectivity index (χ0) is 12.3. The van der Waals surface area contributed by atoms with Gasteiger partial charge in [0.1, 0.15) is 11.6 Å². The molecule has 1 aromatic heterocycles. The molecule has 0 unspecified atom stereocenters. The minimum Gasteiger partial charge on any atom is -0.459 e. The van der Waals surface area contributed by atoms with Crippen LogP contribution in [-0.4, -0.2) is 16.6 Å². The van der Waals surface area contributed by atoms with Gasteiger partial charge in [0.15, 0.2) is 0 Å². The Labute approximate surface area is 103 Å². The first kappa shape index (κ1) is 13.1. The summed E-state index contributed by atoms with van der Waals surface area (Å²) in [6.45, 7) is 5.39. The summed E-state index contributed by atoms with van der Waals surface area (Å²) in [5.41, 5.74) is 5.70. The van der Waals surface area contributed by atoms with Crippen molar-refractivity contribution in [1.82, 2.24) is 4.98 Å². The van der Waals surface area contributed by atoms with E-state index in [1.807, 2.05) is 0 Å². The van der Waals surface area contributed by atoms with Crippen molar-refractivity contribution in [1.29, 1.82) is 0 Å². The first-order valence-electron chi connectivity index (χ1n) is 4.89. The zero-order valence-electron chi connectivity index (χ0n) is 9.53. The lowest BCUT2D eigenvalue weighted by Crippen LogP contribution is -2.32. The summed E-state index contributed by atoms with van der Waals surface area (Å²) >= 11 is 3.26. The highest BCUT2D eigenvalue weighted by atomic mass is 79.9. The molecule has 0 radical (unpaired) electrons. The predicted octanol–water partition coefficient (Wildman–Crippen LogP) is 2.19. The van der Waals surface area contributed by atoms with Gasteiger partial charge in [0.05, 0.1) is 5.69 Å². The molecule has 1 rings (SSSR count). The van der Waals surface area contributed by atoms with Gasteiger partial charge in [-0.05, 0) is 48.8 Å². The van der Waals surface area contributed by atoms with Crippen LogP contribution in [0.1, 0.15) is 32.5 Å². The molecular weight excluding hydrogens is 272 g/mol. The second kappa shape index (κ2) is 4.93. The molecule has 88 valence electrons. The second-order valence-corrected chi connectivity index (χ2v) is 5.33. The standard InChI is InChI=1S/C11H15BrN2O2/c1-11(2,3)16-10(15)9(13)8-5-4-7(12)6-14-8/h4-6,9H,13H2,1-3H3/t9-/m0/s1. The molecule has 0 fully saturated rings. The number of halogens is 1. The summed E-state index contributed by atoms with van der Waals surface area (Å²) in [6, 6.07) is 2.64. The minimum absolute atomic E-state index is 0.470. The van der Waals surface area contributed by atoms with Crippen molar-refractivity contribution in [3.8, 4) is 0 Å². The molecule has 4 nitrogen and oxygen atoms in total. The van der Waals surface area contributed by atoms with Crippen molar-refractivity contribution < 1.29 is 9.53 Å². The van der Waals surface area contributed by atoms with Gasteiger partial charge < -0.3 is 10.5 Å². The maximum Gasteiger partial charge on any atom is 0.329 e. The number of esters is 1. The van der Waals surface area contributed by atoms with Gasteiger partial charge in [-0.2, -0.15) is 0 Å². The largest absolute Gasteiger partial charge is 0.459 e. The van der Waals surface area contributed by atoms with Crippen molar-refractivity contribution in [2.24, 2.45) is 5.73 Å². The number of hydrogen-bond donors (Lipinski definition) is 1. The molecule has 0 aliphatic rings. The fourth-order valence-electron chi connectivity index (χ4n) is 1.06. The maximum absolute atomic E-state index is 11.6. The van der Waals surface area contributed by atoms with E-state index in [-0.39, 0.29) is 0 Å². The highest BCUT2D eigenvalue weighted by Gasteiger charge is 2.24. The molecule has 0 aliphatic carbocycles. The van der Waals surface area contributed by atoms with Gasteiger partial charge >= 0.3 is 5.97 Å². The van der Waals surface area contributed by atoms with Crippen molar-refractivity contribution in [2.75, 3.05) is 0 Å². The van der Waals surface area contributed by atoms with Gasteiger partial charge in [-0.15, -0.1) is 0 Å². The molecule has 0 saturated carbocycles. The average Bonchev–Trinajstić information content (AvgIpc) is 2.15. The van der Waals surface area contributed by atoms with Crippen molar-refractivity contribution in [3.63, 3.8) is 0 Å². The number of nitrogens with two attached hydrogens (primary N) is 1. The van der Waals surface area contributed by atoms with E-state index in [1.165, 1.54) is 0 Å². The molecule has 0 aliphatic heterocycles. The number of ether oxygens (including phenoxy) is 1. The van der Waals surface area contributed by atoms with Crippen LogP contribution in [0.2, 0.25) is 0 Å². The Kier molecular flexibility index (Phi) is 4.04. The fourth-order valence-corrected chi connectivity index (χ4v) is 1.29. The Bertz CT molecular complexity index is 371. The first-order chi connectivity index (χ1) is 7.29. The van der Waals surface area contributed by atoms with Crippen LogP contribution in [-0.2, 0) is 9.53 Å². The second-order valence-electron chi connectivity index (χ2n) is 4.41. The SMILES string of the molecule is CC(C)(C)OC(=O)[C@@H](N)c1ccc(Br)cn1. The van der Waals surface area contributed by atoms with Crippen LogP contribution in [0.15, 0.2) is 22.8 Å². The van der Waals surface area contributed by atoms with Crippen LogP contribution in [0.5, 0.6) is 0 Å². The van der Waals surface area contributed by atoms with E-state index in [9.17, 15) is 4.79 Å². The van der Waals surface area contributed by atoms with Crippen molar-refractivity contribution >= 4 is 21.9 Å². The van der Waals surface area contributed by atoms with Gasteiger partial charge in [0, 0.05) is 10.7 Å². The average molecular weight is 287 g/mol. The van der Waals surface area contributed by atoms with Crippen LogP contribution >= 0.6 is 15.9 Å². The van der Waals surface area contributed by atoms with Crippen LogP contribution in [0.3, 0.4) is 0 Å². The summed E-state index contributed by atoms with van der Waals surface area (Å²) in [5, 5.41) is 0. The molecule has 2 N–H and O–H groups in total. The van der Waals surface area contributed by atoms with E-state index in [1.54, 1.807) is 39.1 Å². The van der Waals surface area contributed by atoms with Crippen molar-refractivity contribution in [3.05, 3.63) is 28.5 Å². The smallest absolute Gasteiger partial charge is 0.329 e. The zero-order valence-corrected chi connectivity index (χ0v) is 11.1. The molecule has 1 atom stereocenters. The number of carbonyl (C=O) groups excluding carboxylic acids is 1. The molecule has 0 amide bonds. The van der Waals surface area contributed by atoms with Gasteiger partial charge in [-0.3, -0.25) is 4.98 Å². The van der Waals surface area contributed by atoms with Gasteiger partial charge in [0.2, 0.25) is 0 Å². The highest BCUT2D eigenvalue weighted by Crippen LogP contribution is 2.16.